The molecular formula is C18H20BrNOS. The van der Waals surface area contributed by atoms with Crippen molar-refractivity contribution >= 4 is 39.3 Å². The molecule has 0 heterocycles. The van der Waals surface area contributed by atoms with Gasteiger partial charge < -0.3 is 5.32 Å². The van der Waals surface area contributed by atoms with Crippen molar-refractivity contribution in [2.75, 3.05) is 11.1 Å². The molecule has 0 radical (unpaired) electrons. The number of anilines is 1. The van der Waals surface area contributed by atoms with E-state index in [-0.39, 0.29) is 5.91 Å². The van der Waals surface area contributed by atoms with Gasteiger partial charge in [-0.3, -0.25) is 4.79 Å². The van der Waals surface area contributed by atoms with Gasteiger partial charge in [0.25, 0.3) is 0 Å². The van der Waals surface area contributed by atoms with Gasteiger partial charge in [-0.05, 0) is 42.2 Å². The summed E-state index contributed by atoms with van der Waals surface area (Å²) in [7, 11) is 0. The Labute approximate surface area is 144 Å². The molecule has 0 spiro atoms. The highest BCUT2D eigenvalue weighted by Gasteiger charge is 2.08. The van der Waals surface area contributed by atoms with Crippen LogP contribution in [-0.4, -0.2) is 11.7 Å². The Hall–Kier alpha value is -1.26. The maximum atomic E-state index is 12.1. The van der Waals surface area contributed by atoms with Gasteiger partial charge >= 0.3 is 0 Å². The average Bonchev–Trinajstić information content (AvgIpc) is 2.49. The number of thioether (sulfide) groups is 1. The van der Waals surface area contributed by atoms with E-state index in [4.69, 9.17) is 0 Å². The molecule has 0 aliphatic carbocycles. The monoisotopic (exact) mass is 377 g/mol. The van der Waals surface area contributed by atoms with Crippen LogP contribution in [0.4, 0.5) is 5.69 Å². The van der Waals surface area contributed by atoms with E-state index in [0.29, 0.717) is 5.75 Å². The maximum Gasteiger partial charge on any atom is 0.234 e. The second-order valence-electron chi connectivity index (χ2n) is 5.13. The quantitative estimate of drug-likeness (QED) is 0.749. The Balaban J connectivity index is 1.89. The van der Waals surface area contributed by atoms with Crippen molar-refractivity contribution in [3.63, 3.8) is 0 Å². The fourth-order valence-corrected chi connectivity index (χ4v) is 3.49. The minimum absolute atomic E-state index is 0.0593. The molecule has 4 heteroatoms. The number of benzene rings is 2. The van der Waals surface area contributed by atoms with E-state index in [9.17, 15) is 4.79 Å². The Morgan fingerprint density at radius 2 is 2.00 bits per heavy atom. The van der Waals surface area contributed by atoms with Crippen molar-refractivity contribution < 1.29 is 4.79 Å². The molecule has 22 heavy (non-hydrogen) atoms. The van der Waals surface area contributed by atoms with Crippen LogP contribution >= 0.6 is 27.7 Å². The summed E-state index contributed by atoms with van der Waals surface area (Å²) in [6, 6.07) is 14.3. The molecule has 0 fully saturated rings. The van der Waals surface area contributed by atoms with Crippen LogP contribution in [0.15, 0.2) is 46.9 Å². The molecule has 0 saturated heterocycles. The van der Waals surface area contributed by atoms with Gasteiger partial charge in [-0.25, -0.2) is 0 Å². The van der Waals surface area contributed by atoms with E-state index >= 15 is 0 Å². The number of hydrogen-bond acceptors (Lipinski definition) is 2. The Kier molecular flexibility index (Phi) is 6.52. The molecule has 2 aromatic rings. The van der Waals surface area contributed by atoms with Gasteiger partial charge in [0.2, 0.25) is 5.91 Å². The topological polar surface area (TPSA) is 29.1 Å². The highest BCUT2D eigenvalue weighted by atomic mass is 79.9. The molecule has 1 N–H and O–H groups in total. The van der Waals surface area contributed by atoms with Gasteiger partial charge in [0.15, 0.2) is 0 Å². The average molecular weight is 378 g/mol. The second-order valence-corrected chi connectivity index (χ2v) is 7.03. The molecule has 0 aliphatic heterocycles. The van der Waals surface area contributed by atoms with Crippen molar-refractivity contribution in [3.05, 3.63) is 63.6 Å². The first-order valence-electron chi connectivity index (χ1n) is 7.30. The highest BCUT2D eigenvalue weighted by molar-refractivity contribution is 9.10. The second kappa shape index (κ2) is 8.39. The van der Waals surface area contributed by atoms with Crippen molar-refractivity contribution in [1.29, 1.82) is 0 Å². The first-order valence-corrected chi connectivity index (χ1v) is 9.25. The summed E-state index contributed by atoms with van der Waals surface area (Å²) in [5.41, 5.74) is 4.49. The number of amides is 1. The van der Waals surface area contributed by atoms with Crippen LogP contribution < -0.4 is 5.32 Å². The van der Waals surface area contributed by atoms with Gasteiger partial charge in [-0.2, -0.15) is 0 Å². The number of rotatable bonds is 6. The lowest BCUT2D eigenvalue weighted by Crippen LogP contribution is -2.16. The third-order valence-electron chi connectivity index (χ3n) is 3.40. The van der Waals surface area contributed by atoms with E-state index < -0.39 is 0 Å². The van der Waals surface area contributed by atoms with E-state index in [0.717, 1.165) is 27.9 Å². The molecule has 2 nitrogen and oxygen atoms in total. The summed E-state index contributed by atoms with van der Waals surface area (Å²) >= 11 is 5.09. The molecule has 2 aromatic carbocycles. The molecule has 0 bridgehead atoms. The fourth-order valence-electron chi connectivity index (χ4n) is 2.27. The zero-order chi connectivity index (χ0) is 15.9. The van der Waals surface area contributed by atoms with Crippen LogP contribution in [-0.2, 0) is 17.0 Å². The minimum Gasteiger partial charge on any atom is -0.325 e. The van der Waals surface area contributed by atoms with Crippen LogP contribution in [0.25, 0.3) is 0 Å². The Bertz CT molecular complexity index is 657. The van der Waals surface area contributed by atoms with Crippen LogP contribution in [0.3, 0.4) is 0 Å². The first-order chi connectivity index (χ1) is 10.6. The van der Waals surface area contributed by atoms with E-state index in [1.54, 1.807) is 11.8 Å². The Morgan fingerprint density at radius 3 is 2.73 bits per heavy atom. The number of carbonyl (C=O) groups is 1. The van der Waals surface area contributed by atoms with Gasteiger partial charge in [-0.1, -0.05) is 53.2 Å². The van der Waals surface area contributed by atoms with Crippen molar-refractivity contribution in [2.45, 2.75) is 26.0 Å². The fraction of sp³-hybridized carbons (Fsp3) is 0.278. The van der Waals surface area contributed by atoms with Crippen LogP contribution in [0, 0.1) is 6.92 Å². The molecule has 2 rings (SSSR count). The van der Waals surface area contributed by atoms with Gasteiger partial charge in [-0.15, -0.1) is 11.8 Å². The lowest BCUT2D eigenvalue weighted by atomic mass is 10.1. The van der Waals surface area contributed by atoms with E-state index in [1.165, 1.54) is 11.1 Å². The van der Waals surface area contributed by atoms with Gasteiger partial charge in [0.1, 0.15) is 0 Å². The number of hydrogen-bond donors (Lipinski definition) is 1. The molecule has 116 valence electrons. The summed E-state index contributed by atoms with van der Waals surface area (Å²) in [6.07, 6.45) is 0.919. The Morgan fingerprint density at radius 1 is 1.23 bits per heavy atom. The zero-order valence-corrected chi connectivity index (χ0v) is 15.3. The molecule has 0 aliphatic rings. The predicted molar refractivity (Wildman–Crippen MR) is 99.5 cm³/mol. The van der Waals surface area contributed by atoms with Crippen LogP contribution in [0.5, 0.6) is 0 Å². The zero-order valence-electron chi connectivity index (χ0n) is 12.9. The van der Waals surface area contributed by atoms with Gasteiger partial charge in [0.05, 0.1) is 5.75 Å². The largest absolute Gasteiger partial charge is 0.325 e. The molecule has 0 saturated carbocycles. The SMILES string of the molecule is CCc1cccc(C)c1NC(=O)CSCc1cccc(Br)c1. The standard InChI is InChI=1S/C18H20BrNOS/c1-3-15-8-4-6-13(2)18(15)20-17(21)12-22-11-14-7-5-9-16(19)10-14/h4-10H,3,11-12H2,1-2H3,(H,20,21). The molecule has 0 atom stereocenters. The highest BCUT2D eigenvalue weighted by Crippen LogP contribution is 2.22. The molecule has 0 aromatic heterocycles. The maximum absolute atomic E-state index is 12.1. The lowest BCUT2D eigenvalue weighted by molar-refractivity contribution is -0.113. The van der Waals surface area contributed by atoms with Crippen molar-refractivity contribution in [2.24, 2.45) is 0 Å². The van der Waals surface area contributed by atoms with Crippen LogP contribution in [0.2, 0.25) is 0 Å². The predicted octanol–water partition coefficient (Wildman–Crippen LogP) is 5.19. The smallest absolute Gasteiger partial charge is 0.234 e. The normalized spacial score (nSPS) is 10.5. The van der Waals surface area contributed by atoms with Crippen molar-refractivity contribution in [1.82, 2.24) is 0 Å². The minimum atomic E-state index is 0.0593. The molecule has 0 unspecified atom stereocenters. The number of aryl methyl sites for hydroxylation is 2. The van der Waals surface area contributed by atoms with Gasteiger partial charge in [0, 0.05) is 15.9 Å². The molecular weight excluding hydrogens is 358 g/mol. The summed E-state index contributed by atoms with van der Waals surface area (Å²) in [4.78, 5) is 12.1. The third kappa shape index (κ3) is 4.89. The first kappa shape index (κ1) is 17.1. The third-order valence-corrected chi connectivity index (χ3v) is 4.89. The number of carbonyl (C=O) groups excluding carboxylic acids is 1. The number of nitrogens with one attached hydrogen (secondary N) is 1. The summed E-state index contributed by atoms with van der Waals surface area (Å²) in [6.45, 7) is 4.13. The van der Waals surface area contributed by atoms with Crippen molar-refractivity contribution in [3.8, 4) is 0 Å². The number of halogens is 1. The summed E-state index contributed by atoms with van der Waals surface area (Å²) in [5, 5.41) is 3.06. The van der Waals surface area contributed by atoms with E-state index in [2.05, 4.69) is 46.4 Å². The molecule has 1 amide bonds. The number of para-hydroxylation sites is 1. The summed E-state index contributed by atoms with van der Waals surface area (Å²) in [5.74, 6) is 1.36. The summed E-state index contributed by atoms with van der Waals surface area (Å²) < 4.78 is 1.07. The lowest BCUT2D eigenvalue weighted by Gasteiger charge is -2.12. The van der Waals surface area contributed by atoms with E-state index in [1.807, 2.05) is 31.2 Å². The van der Waals surface area contributed by atoms with Crippen LogP contribution in [0.1, 0.15) is 23.6 Å².